The van der Waals surface area contributed by atoms with Gasteiger partial charge in [0.15, 0.2) is 5.03 Å². The van der Waals surface area contributed by atoms with E-state index in [1.807, 2.05) is 24.3 Å². The fourth-order valence-corrected chi connectivity index (χ4v) is 6.99. The van der Waals surface area contributed by atoms with Crippen LogP contribution in [-0.2, 0) is 48.0 Å². The normalized spacial score (nSPS) is 13.3. The zero-order valence-corrected chi connectivity index (χ0v) is 37.4. The molecule has 66 heavy (non-hydrogen) atoms. The molecule has 11 N–H and O–H groups in total. The predicted molar refractivity (Wildman–Crippen MR) is 245 cm³/mol. The molecule has 4 rings (SSSR count). The third-order valence-electron chi connectivity index (χ3n) is 10.1. The summed E-state index contributed by atoms with van der Waals surface area (Å²) in [6, 6.07) is 18.6. The second-order valence-electron chi connectivity index (χ2n) is 16.7. The van der Waals surface area contributed by atoms with Crippen molar-refractivity contribution >= 4 is 52.5 Å². The Hall–Kier alpha value is -7.71. The highest BCUT2D eigenvalue weighted by atomic mass is 16.7. The molecule has 1 heterocycles. The van der Waals surface area contributed by atoms with Crippen LogP contribution in [0.1, 0.15) is 56.7 Å². The SMILES string of the molecule is CN(CC(N)=O)C(=O)[C@H](Cc1c[nH]c2ccccc12)NC(=O)[C@H](CCCN=C(N)N[N+](=O)[O-])NC(=O)[C@@H](Cc1ccccc1)NC(=O)[C@@H](CCNC(=O)OC(C)(C)C)Cc1ccc(O)cc1. The minimum absolute atomic E-state index is 0.0121. The summed E-state index contributed by atoms with van der Waals surface area (Å²) < 4.78 is 5.35. The number of ether oxygens (including phenoxy) is 1. The Morgan fingerprint density at radius 3 is 2.11 bits per heavy atom. The summed E-state index contributed by atoms with van der Waals surface area (Å²) in [7, 11) is 1.36. The maximum atomic E-state index is 14.5. The number of phenols is 1. The fraction of sp³-hybridized carbons (Fsp3) is 0.400. The Bertz CT molecular complexity index is 2330. The van der Waals surface area contributed by atoms with E-state index in [1.54, 1.807) is 74.9 Å². The van der Waals surface area contributed by atoms with Crippen molar-refractivity contribution in [2.24, 2.45) is 22.4 Å². The molecule has 0 radical (unpaired) electrons. The number of primary amides is 1. The molecule has 0 spiro atoms. The van der Waals surface area contributed by atoms with Gasteiger partial charge in [0.1, 0.15) is 29.5 Å². The quantitative estimate of drug-likeness (QED) is 0.0169. The van der Waals surface area contributed by atoms with Crippen molar-refractivity contribution in [3.05, 3.63) is 112 Å². The van der Waals surface area contributed by atoms with Gasteiger partial charge in [-0.2, -0.15) is 0 Å². The molecule has 0 aliphatic heterocycles. The van der Waals surface area contributed by atoms with Gasteiger partial charge in [-0.15, -0.1) is 0 Å². The number of phenolic OH excluding ortho intramolecular Hbond substituents is 1. The number of aromatic nitrogens is 1. The van der Waals surface area contributed by atoms with Crippen LogP contribution in [-0.4, -0.2) is 112 Å². The highest BCUT2D eigenvalue weighted by molar-refractivity contribution is 5.96. The lowest BCUT2D eigenvalue weighted by molar-refractivity contribution is -0.525. The number of aromatic hydroxyl groups is 1. The smallest absolute Gasteiger partial charge is 0.407 e. The van der Waals surface area contributed by atoms with Crippen LogP contribution in [0.2, 0.25) is 0 Å². The number of fused-ring (bicyclic) bond motifs is 1. The number of carbonyl (C=O) groups is 6. The van der Waals surface area contributed by atoms with Crippen molar-refractivity contribution in [2.75, 3.05) is 26.7 Å². The number of alkyl carbamates (subject to hydrolysis) is 1. The number of likely N-dealkylation sites (N-methyl/N-ethyl adjacent to an activating group) is 1. The number of aromatic amines is 1. The van der Waals surface area contributed by atoms with Gasteiger partial charge in [-0.25, -0.2) is 19.9 Å². The van der Waals surface area contributed by atoms with Crippen LogP contribution in [0.25, 0.3) is 10.9 Å². The third kappa shape index (κ3) is 17.1. The summed E-state index contributed by atoms with van der Waals surface area (Å²) in [4.78, 5) is 100. The van der Waals surface area contributed by atoms with Gasteiger partial charge < -0.3 is 52.5 Å². The summed E-state index contributed by atoms with van der Waals surface area (Å²) in [6.45, 7) is 4.65. The predicted octanol–water partition coefficient (Wildman–Crippen LogP) is 1.71. The van der Waals surface area contributed by atoms with Crippen molar-refractivity contribution in [3.8, 4) is 5.75 Å². The van der Waals surface area contributed by atoms with Crippen LogP contribution in [0.4, 0.5) is 4.79 Å². The van der Waals surface area contributed by atoms with E-state index in [0.717, 1.165) is 15.8 Å². The van der Waals surface area contributed by atoms with Crippen molar-refractivity contribution in [1.29, 1.82) is 0 Å². The van der Waals surface area contributed by atoms with Crippen LogP contribution in [0.5, 0.6) is 5.75 Å². The summed E-state index contributed by atoms with van der Waals surface area (Å²) >= 11 is 0. The number of carbonyl (C=O) groups excluding carboxylic acids is 6. The van der Waals surface area contributed by atoms with E-state index >= 15 is 0 Å². The number of hydrogen-bond acceptors (Lipinski definition) is 11. The topological polar surface area (TPSA) is 319 Å². The van der Waals surface area contributed by atoms with E-state index in [-0.39, 0.29) is 57.4 Å². The maximum absolute atomic E-state index is 14.5. The number of H-pyrrole nitrogens is 1. The number of nitrogens with two attached hydrogens (primary N) is 2. The average Bonchev–Trinajstić information content (AvgIpc) is 3.65. The van der Waals surface area contributed by atoms with Gasteiger partial charge in [-0.3, -0.25) is 24.0 Å². The van der Waals surface area contributed by atoms with Crippen LogP contribution in [0.3, 0.4) is 0 Å². The third-order valence-corrected chi connectivity index (χ3v) is 10.1. The van der Waals surface area contributed by atoms with E-state index in [2.05, 4.69) is 31.2 Å². The molecule has 4 atom stereocenters. The van der Waals surface area contributed by atoms with Crippen molar-refractivity contribution in [2.45, 2.75) is 83.0 Å². The number of rotatable bonds is 23. The molecule has 1 aromatic heterocycles. The number of nitro groups is 1. The largest absolute Gasteiger partial charge is 0.508 e. The Morgan fingerprint density at radius 2 is 1.44 bits per heavy atom. The molecule has 3 aromatic carbocycles. The summed E-state index contributed by atoms with van der Waals surface area (Å²) in [5, 5.41) is 31.7. The summed E-state index contributed by atoms with van der Waals surface area (Å²) in [5.41, 5.74) is 14.8. The van der Waals surface area contributed by atoms with E-state index in [1.165, 1.54) is 19.2 Å². The van der Waals surface area contributed by atoms with Gasteiger partial charge in [0.05, 0.1) is 6.54 Å². The number of hydrogen-bond donors (Lipinski definition) is 9. The first-order valence-corrected chi connectivity index (χ1v) is 21.3. The Morgan fingerprint density at radius 1 is 0.818 bits per heavy atom. The zero-order valence-electron chi connectivity index (χ0n) is 37.4. The minimum Gasteiger partial charge on any atom is -0.508 e. The van der Waals surface area contributed by atoms with E-state index in [9.17, 15) is 44.0 Å². The molecule has 21 heteroatoms. The summed E-state index contributed by atoms with van der Waals surface area (Å²) in [5.74, 6) is -4.79. The molecule has 0 saturated carbocycles. The van der Waals surface area contributed by atoms with Crippen molar-refractivity contribution in [3.63, 3.8) is 0 Å². The first-order valence-electron chi connectivity index (χ1n) is 21.3. The lowest BCUT2D eigenvalue weighted by Gasteiger charge is -2.28. The van der Waals surface area contributed by atoms with Gasteiger partial charge in [-0.05, 0) is 81.3 Å². The maximum Gasteiger partial charge on any atom is 0.407 e. The molecule has 0 aliphatic rings. The standard InChI is InChI=1S/C45H59N11O10/c1-45(2,3)66-44(63)49-22-20-30(23-29-16-18-32(57)19-17-29)39(59)52-36(24-28-11-6-5-7-12-28)41(61)51-35(15-10-21-48-43(47)54-56(64)65)40(60)53-37(42(62)55(4)27-38(46)58)25-31-26-50-34-14-9-8-13-33(31)34/h5-9,11-14,16-19,26,30,35-37,50,57H,10,15,20-25,27H2,1-4H3,(H2,46,58)(H,49,63)(H,51,61)(H,52,59)(H,53,60)(H3,47,48,54)/t30-,35-,36+,37-/m0/s1. The molecule has 0 aliphatic carbocycles. The second kappa shape index (κ2) is 24.4. The molecule has 354 valence electrons. The van der Waals surface area contributed by atoms with Crippen LogP contribution >= 0.6 is 0 Å². The number of nitrogens with zero attached hydrogens (tertiary/aromatic N) is 3. The number of para-hydroxylation sites is 1. The number of hydrazine groups is 1. The second-order valence-corrected chi connectivity index (χ2v) is 16.7. The van der Waals surface area contributed by atoms with E-state index < -0.39 is 82.8 Å². The lowest BCUT2D eigenvalue weighted by Crippen LogP contribution is -2.58. The Labute approximate surface area is 381 Å². The fourth-order valence-electron chi connectivity index (χ4n) is 6.99. The molecule has 0 bridgehead atoms. The molecule has 4 aromatic rings. The van der Waals surface area contributed by atoms with Gasteiger partial charge in [0.2, 0.25) is 29.5 Å². The van der Waals surface area contributed by atoms with Gasteiger partial charge in [0, 0.05) is 56.0 Å². The molecule has 0 saturated heterocycles. The highest BCUT2D eigenvalue weighted by Crippen LogP contribution is 2.21. The minimum atomic E-state index is -1.36. The van der Waals surface area contributed by atoms with E-state index in [4.69, 9.17) is 16.2 Å². The number of nitrogens with one attached hydrogen (secondary N) is 6. The van der Waals surface area contributed by atoms with Crippen LogP contribution < -0.4 is 38.2 Å². The average molecular weight is 914 g/mol. The van der Waals surface area contributed by atoms with Gasteiger partial charge in [-0.1, -0.05) is 66.1 Å². The van der Waals surface area contributed by atoms with Gasteiger partial charge >= 0.3 is 6.09 Å². The number of guanidine groups is 1. The number of amides is 6. The highest BCUT2D eigenvalue weighted by Gasteiger charge is 2.33. The number of benzene rings is 3. The van der Waals surface area contributed by atoms with Crippen LogP contribution in [0, 0.1) is 16.0 Å². The van der Waals surface area contributed by atoms with Crippen molar-refractivity contribution < 1.29 is 43.6 Å². The summed E-state index contributed by atoms with van der Waals surface area (Å²) in [6.07, 6.45) is 1.24. The van der Waals surface area contributed by atoms with E-state index in [0.29, 0.717) is 16.7 Å². The molecule has 0 unspecified atom stereocenters. The van der Waals surface area contributed by atoms with Crippen LogP contribution in [0.15, 0.2) is 90.1 Å². The Balaban J connectivity index is 1.65. The molecular formula is C45H59N11O10. The first-order chi connectivity index (χ1) is 31.3. The monoisotopic (exact) mass is 913 g/mol. The number of aliphatic imine (C=N–C) groups is 1. The van der Waals surface area contributed by atoms with Crippen molar-refractivity contribution in [1.82, 2.24) is 36.6 Å². The molecule has 0 fully saturated rings. The van der Waals surface area contributed by atoms with Gasteiger partial charge in [0.25, 0.3) is 5.96 Å². The molecule has 21 nitrogen and oxygen atoms in total. The molecular weight excluding hydrogens is 855 g/mol. The Kier molecular flexibility index (Phi) is 18.8. The molecule has 6 amide bonds. The zero-order chi connectivity index (χ0) is 48.4. The lowest BCUT2D eigenvalue weighted by atomic mass is 9.94. The first kappa shape index (κ1) is 50.9.